The monoisotopic (exact) mass is 910 g/mol. The Morgan fingerprint density at radius 2 is 0.814 bits per heavy atom. The van der Waals surface area contributed by atoms with E-state index in [0.717, 1.165) is 0 Å². The van der Waals surface area contributed by atoms with Gasteiger partial charge < -0.3 is 18.3 Å². The summed E-state index contributed by atoms with van der Waals surface area (Å²) in [5.41, 5.74) is 1.29. The van der Waals surface area contributed by atoms with Crippen molar-refractivity contribution in [3.8, 4) is 0 Å². The van der Waals surface area contributed by atoms with E-state index < -0.39 is 16.6 Å². The van der Waals surface area contributed by atoms with Crippen molar-refractivity contribution >= 4 is 69.5 Å². The fourth-order valence-corrected chi connectivity index (χ4v) is 17.8. The summed E-state index contributed by atoms with van der Waals surface area (Å²) in [6.45, 7) is 18.8. The van der Waals surface area contributed by atoms with Crippen molar-refractivity contribution in [2.45, 2.75) is 89.8 Å². The minimum atomic E-state index is -2.77. The number of ether oxygens (including phenoxy) is 2. The third-order valence-corrected chi connectivity index (χ3v) is 21.4. The predicted molar refractivity (Wildman–Crippen MR) is 245 cm³/mol. The number of nitrogens with zero attached hydrogens (tertiary/aromatic N) is 3. The SMILES string of the molecule is C[C@@H](O[Si](c1ccccc1)(c1ccccc1)C(C)(C)C)[C@H]1COC(c2cccc(C3=N[C@@H]([C@@H](C)O[Si](c4ccccc4)(c4ccccc4)C(C)(C)C)CO3)n2)=N1.[Cl][Co][Cl]. The molecule has 3 heterocycles. The first-order chi connectivity index (χ1) is 28.2. The molecule has 0 spiro atoms. The van der Waals surface area contributed by atoms with E-state index >= 15 is 0 Å². The van der Waals surface area contributed by atoms with Crippen molar-refractivity contribution in [3.63, 3.8) is 0 Å². The van der Waals surface area contributed by atoms with Crippen LogP contribution in [0.15, 0.2) is 150 Å². The second-order valence-electron chi connectivity index (χ2n) is 17.1. The molecule has 313 valence electrons. The van der Waals surface area contributed by atoms with Crippen LogP contribution >= 0.6 is 20.3 Å². The molecular formula is C47H55Cl2CoN3O4Si2. The molecule has 4 atom stereocenters. The Labute approximate surface area is 367 Å². The van der Waals surface area contributed by atoms with Gasteiger partial charge in [-0.3, -0.25) is 0 Å². The second-order valence-corrected chi connectivity index (χ2v) is 27.3. The Hall–Kier alpha value is -3.59. The summed E-state index contributed by atoms with van der Waals surface area (Å²) >= 11 is 0.382. The number of pyridine rings is 1. The van der Waals surface area contributed by atoms with Crippen molar-refractivity contribution < 1.29 is 31.2 Å². The molecule has 59 heavy (non-hydrogen) atoms. The molecular weight excluding hydrogens is 857 g/mol. The van der Waals surface area contributed by atoms with Gasteiger partial charge in [-0.25, -0.2) is 15.0 Å². The summed E-state index contributed by atoms with van der Waals surface area (Å²) in [5.74, 6) is 1.02. The Morgan fingerprint density at radius 1 is 0.525 bits per heavy atom. The molecule has 0 N–H and O–H groups in total. The molecule has 0 saturated carbocycles. The van der Waals surface area contributed by atoms with E-state index in [-0.39, 0.29) is 34.4 Å². The molecule has 7 rings (SSSR count). The molecule has 0 amide bonds. The molecule has 0 bridgehead atoms. The van der Waals surface area contributed by atoms with Crippen LogP contribution in [-0.4, -0.2) is 70.9 Å². The van der Waals surface area contributed by atoms with E-state index in [1.807, 2.05) is 18.2 Å². The first kappa shape index (κ1) is 45.0. The van der Waals surface area contributed by atoms with Crippen LogP contribution in [0.4, 0.5) is 0 Å². The van der Waals surface area contributed by atoms with Crippen LogP contribution in [0.3, 0.4) is 0 Å². The quantitative estimate of drug-likeness (QED) is 0.117. The fraction of sp³-hybridized carbons (Fsp3) is 0.340. The summed E-state index contributed by atoms with van der Waals surface area (Å²) in [7, 11) is 3.93. The Bertz CT molecular complexity index is 1940. The van der Waals surface area contributed by atoms with Gasteiger partial charge in [-0.1, -0.05) is 169 Å². The van der Waals surface area contributed by atoms with E-state index in [2.05, 4.69) is 177 Å². The summed E-state index contributed by atoms with van der Waals surface area (Å²) in [6.07, 6.45) is -0.412. The zero-order valence-electron chi connectivity index (χ0n) is 35.1. The summed E-state index contributed by atoms with van der Waals surface area (Å²) < 4.78 is 27.3. The minimum absolute atomic E-state index is 0.145. The Balaban J connectivity index is 0.00000189. The van der Waals surface area contributed by atoms with Crippen LogP contribution in [0, 0.1) is 0 Å². The van der Waals surface area contributed by atoms with Gasteiger partial charge in [0.2, 0.25) is 11.8 Å². The van der Waals surface area contributed by atoms with Crippen molar-refractivity contribution in [1.82, 2.24) is 4.98 Å². The molecule has 2 aliphatic rings. The van der Waals surface area contributed by atoms with E-state index in [1.165, 1.54) is 20.7 Å². The molecule has 12 heteroatoms. The van der Waals surface area contributed by atoms with Crippen LogP contribution < -0.4 is 20.7 Å². The van der Waals surface area contributed by atoms with Crippen molar-refractivity contribution in [2.75, 3.05) is 13.2 Å². The summed E-state index contributed by atoms with van der Waals surface area (Å²) in [5, 5.41) is 4.67. The molecule has 0 unspecified atom stereocenters. The van der Waals surface area contributed by atoms with Gasteiger partial charge >= 0.3 is 33.2 Å². The third kappa shape index (κ3) is 9.66. The predicted octanol–water partition coefficient (Wildman–Crippen LogP) is 8.68. The normalized spacial score (nSPS) is 18.1. The van der Waals surface area contributed by atoms with Crippen LogP contribution in [-0.2, 0) is 31.2 Å². The topological polar surface area (TPSA) is 74.5 Å². The molecule has 0 saturated heterocycles. The summed E-state index contributed by atoms with van der Waals surface area (Å²) in [6, 6.07) is 48.3. The van der Waals surface area contributed by atoms with E-state index in [4.69, 9.17) is 53.6 Å². The molecule has 0 fully saturated rings. The van der Waals surface area contributed by atoms with Crippen LogP contribution in [0.2, 0.25) is 10.1 Å². The first-order valence-corrected chi connectivity index (χ1v) is 26.7. The number of benzene rings is 4. The van der Waals surface area contributed by atoms with Crippen molar-refractivity contribution in [1.29, 1.82) is 0 Å². The van der Waals surface area contributed by atoms with Gasteiger partial charge in [0.05, 0.1) is 12.2 Å². The Kier molecular flexibility index (Phi) is 14.8. The van der Waals surface area contributed by atoms with Crippen LogP contribution in [0.25, 0.3) is 0 Å². The van der Waals surface area contributed by atoms with Gasteiger partial charge in [0.15, 0.2) is 0 Å². The zero-order valence-corrected chi connectivity index (χ0v) is 39.6. The fourth-order valence-electron chi connectivity index (χ4n) is 8.31. The maximum atomic E-state index is 7.38. The summed E-state index contributed by atoms with van der Waals surface area (Å²) in [4.78, 5) is 15.1. The number of aliphatic imine (C=N–C) groups is 2. The maximum absolute atomic E-state index is 7.38. The molecule has 7 nitrogen and oxygen atoms in total. The molecule has 2 aliphatic heterocycles. The number of rotatable bonds is 12. The van der Waals surface area contributed by atoms with Gasteiger partial charge in [0.1, 0.15) is 36.7 Å². The van der Waals surface area contributed by atoms with Crippen molar-refractivity contribution in [2.24, 2.45) is 9.98 Å². The molecule has 0 radical (unpaired) electrons. The Morgan fingerprint density at radius 3 is 1.08 bits per heavy atom. The van der Waals surface area contributed by atoms with E-state index in [1.54, 1.807) is 0 Å². The standard InChI is InChI=1S/C47H55N3O4Si2.2ClH.Co/c1-34(53-55(46(3,4)5,36-22-13-9-14-23-36)37-24-15-10-16-25-37)42-32-51-44(49-42)40-30-21-31-41(48-40)45-50-43(33-52-45)35(2)54-56(47(6,7)8,38-26-17-11-18-27-38)39-28-19-12-20-29-39;;;/h9-31,34-35,42-43H,32-33H2,1-8H3;2*1H;/q;;;+2/p-2/t34-,35-,42-,43-;;;/m1.../s1. The average Bonchev–Trinajstić information content (AvgIpc) is 3.95. The van der Waals surface area contributed by atoms with Crippen molar-refractivity contribution in [3.05, 3.63) is 151 Å². The van der Waals surface area contributed by atoms with Gasteiger partial charge in [-0.2, -0.15) is 0 Å². The van der Waals surface area contributed by atoms with Gasteiger partial charge in [-0.15, -0.1) is 0 Å². The molecule has 5 aromatic rings. The third-order valence-electron chi connectivity index (χ3n) is 11.2. The number of hydrogen-bond donors (Lipinski definition) is 0. The number of halogens is 2. The molecule has 4 aromatic carbocycles. The zero-order chi connectivity index (χ0) is 42.3. The average molecular weight is 912 g/mol. The second kappa shape index (κ2) is 19.4. The van der Waals surface area contributed by atoms with Gasteiger partial charge in [0, 0.05) is 0 Å². The van der Waals surface area contributed by atoms with E-state index in [9.17, 15) is 0 Å². The number of hydrogen-bond acceptors (Lipinski definition) is 7. The van der Waals surface area contributed by atoms with Gasteiger partial charge in [0.25, 0.3) is 16.6 Å². The molecule has 0 aliphatic carbocycles. The van der Waals surface area contributed by atoms with Gasteiger partial charge in [-0.05, 0) is 56.8 Å². The van der Waals surface area contributed by atoms with Crippen LogP contribution in [0.5, 0.6) is 0 Å². The number of aromatic nitrogens is 1. The van der Waals surface area contributed by atoms with Crippen LogP contribution in [0.1, 0.15) is 66.8 Å². The van der Waals surface area contributed by atoms with E-state index in [0.29, 0.717) is 49.3 Å². The first-order valence-electron chi connectivity index (χ1n) is 20.1. The molecule has 1 aromatic heterocycles.